The molecule has 0 radical (unpaired) electrons. The molecule has 116 valence electrons. The molecule has 1 N–H and O–H groups in total. The smallest absolute Gasteiger partial charge is 0.168 e. The van der Waals surface area contributed by atoms with Gasteiger partial charge in [0, 0.05) is 23.8 Å². The van der Waals surface area contributed by atoms with Gasteiger partial charge in [-0.05, 0) is 29.8 Å². The predicted molar refractivity (Wildman–Crippen MR) is 75.2 cm³/mol. The maximum Gasteiger partial charge on any atom is 0.168 e. The van der Waals surface area contributed by atoms with E-state index in [0.29, 0.717) is 17.9 Å². The summed E-state index contributed by atoms with van der Waals surface area (Å²) in [5, 5.41) is 0. The van der Waals surface area contributed by atoms with Gasteiger partial charge < -0.3 is 18.8 Å². The van der Waals surface area contributed by atoms with Crippen LogP contribution >= 0.6 is 0 Å². The molecule has 0 aliphatic heterocycles. The van der Waals surface area contributed by atoms with Crippen LogP contribution in [0.1, 0.15) is 5.56 Å². The molecule has 0 spiro atoms. The number of benzene rings is 2. The van der Waals surface area contributed by atoms with Crippen molar-refractivity contribution in [2.45, 2.75) is 6.42 Å². The molecule has 0 saturated heterocycles. The van der Waals surface area contributed by atoms with Crippen molar-refractivity contribution in [2.75, 3.05) is 4.72 Å². The van der Waals surface area contributed by atoms with E-state index in [4.69, 9.17) is 4.74 Å². The lowest BCUT2D eigenvalue weighted by Gasteiger charge is -2.15. The van der Waals surface area contributed by atoms with Crippen LogP contribution in [0.2, 0.25) is 0 Å². The Bertz CT molecular complexity index is 724. The lowest BCUT2D eigenvalue weighted by molar-refractivity contribution is -0.107. The first-order chi connectivity index (χ1) is 10.5. The zero-order valence-electron chi connectivity index (χ0n) is 11.0. The van der Waals surface area contributed by atoms with Crippen LogP contribution in [0.25, 0.3) is 0 Å². The van der Waals surface area contributed by atoms with Gasteiger partial charge in [0.25, 0.3) is 0 Å². The Morgan fingerprint density at radius 1 is 1.18 bits per heavy atom. The highest BCUT2D eigenvalue weighted by Gasteiger charge is 2.11. The molecule has 0 aliphatic carbocycles. The number of hydrogen-bond acceptors (Lipinski definition) is 4. The molecule has 1 atom stereocenters. The van der Waals surface area contributed by atoms with E-state index in [-0.39, 0.29) is 23.6 Å². The van der Waals surface area contributed by atoms with Gasteiger partial charge in [-0.2, -0.15) is 0 Å². The predicted octanol–water partition coefficient (Wildman–Crippen LogP) is 2.70. The standard InChI is InChI=1S/C14H11F2NO4S/c15-10-2-4-13(11(16)8-10)21-14-7-9(5-6-18)1-3-12(14)17-22(19)20/h1-4,6-8,17H,5H2,(H,19,20)/p-1. The topological polar surface area (TPSA) is 78.5 Å². The monoisotopic (exact) mass is 326 g/mol. The van der Waals surface area contributed by atoms with Gasteiger partial charge >= 0.3 is 0 Å². The van der Waals surface area contributed by atoms with Crippen LogP contribution in [0.3, 0.4) is 0 Å². The lowest BCUT2D eigenvalue weighted by Crippen LogP contribution is -2.04. The molecule has 2 aromatic carbocycles. The first-order valence-corrected chi connectivity index (χ1v) is 7.12. The van der Waals surface area contributed by atoms with Gasteiger partial charge in [0.05, 0.1) is 5.69 Å². The fourth-order valence-electron chi connectivity index (χ4n) is 1.72. The van der Waals surface area contributed by atoms with Crippen LogP contribution in [0.4, 0.5) is 14.5 Å². The molecule has 1 unspecified atom stereocenters. The Morgan fingerprint density at radius 3 is 2.59 bits per heavy atom. The number of halogens is 2. The number of ether oxygens (including phenoxy) is 1. The summed E-state index contributed by atoms with van der Waals surface area (Å²) < 4.78 is 55.4. The van der Waals surface area contributed by atoms with Crippen molar-refractivity contribution in [2.24, 2.45) is 0 Å². The third-order valence-corrected chi connectivity index (χ3v) is 3.06. The van der Waals surface area contributed by atoms with E-state index in [1.807, 2.05) is 0 Å². The minimum absolute atomic E-state index is 0.00550. The van der Waals surface area contributed by atoms with E-state index < -0.39 is 22.9 Å². The third kappa shape index (κ3) is 4.09. The highest BCUT2D eigenvalue weighted by atomic mass is 32.2. The summed E-state index contributed by atoms with van der Waals surface area (Å²) in [4.78, 5) is 10.5. The second kappa shape index (κ2) is 7.10. The molecule has 0 heterocycles. The largest absolute Gasteiger partial charge is 0.755 e. The second-order valence-corrected chi connectivity index (χ2v) is 4.89. The molecule has 22 heavy (non-hydrogen) atoms. The third-order valence-electron chi connectivity index (χ3n) is 2.67. The fraction of sp³-hybridized carbons (Fsp3) is 0.0714. The quantitative estimate of drug-likeness (QED) is 0.654. The normalized spacial score (nSPS) is 11.8. The SMILES string of the molecule is O=CCc1ccc(NS(=O)[O-])c(Oc2ccc(F)cc2F)c1. The van der Waals surface area contributed by atoms with Crippen molar-refractivity contribution in [1.82, 2.24) is 0 Å². The van der Waals surface area contributed by atoms with E-state index >= 15 is 0 Å². The van der Waals surface area contributed by atoms with Crippen LogP contribution < -0.4 is 9.46 Å². The van der Waals surface area contributed by atoms with Crippen molar-refractivity contribution in [3.05, 3.63) is 53.6 Å². The van der Waals surface area contributed by atoms with Gasteiger partial charge in [-0.25, -0.2) is 8.78 Å². The maximum atomic E-state index is 13.6. The zero-order valence-corrected chi connectivity index (χ0v) is 11.9. The van der Waals surface area contributed by atoms with Gasteiger partial charge in [-0.15, -0.1) is 0 Å². The van der Waals surface area contributed by atoms with Crippen molar-refractivity contribution in [3.63, 3.8) is 0 Å². The van der Waals surface area contributed by atoms with E-state index in [1.54, 1.807) is 0 Å². The minimum atomic E-state index is -2.61. The molecule has 5 nitrogen and oxygen atoms in total. The summed E-state index contributed by atoms with van der Waals surface area (Å²) in [7, 11) is 0. The lowest BCUT2D eigenvalue weighted by atomic mass is 10.1. The number of nitrogens with one attached hydrogen (secondary N) is 1. The van der Waals surface area contributed by atoms with Gasteiger partial charge in [-0.3, -0.25) is 4.21 Å². The van der Waals surface area contributed by atoms with Crippen molar-refractivity contribution in [1.29, 1.82) is 0 Å². The number of hydrogen-bond donors (Lipinski definition) is 1. The first-order valence-electron chi connectivity index (χ1n) is 6.05. The summed E-state index contributed by atoms with van der Waals surface area (Å²) in [5.74, 6) is -1.98. The highest BCUT2D eigenvalue weighted by Crippen LogP contribution is 2.32. The van der Waals surface area contributed by atoms with Crippen LogP contribution in [-0.4, -0.2) is 15.0 Å². The van der Waals surface area contributed by atoms with Gasteiger partial charge in [0.15, 0.2) is 17.3 Å². The Kier molecular flexibility index (Phi) is 5.18. The number of anilines is 1. The minimum Gasteiger partial charge on any atom is -0.755 e. The van der Waals surface area contributed by atoms with Crippen LogP contribution in [0.15, 0.2) is 36.4 Å². The number of rotatable bonds is 6. The van der Waals surface area contributed by atoms with Crippen molar-refractivity contribution < 1.29 is 27.1 Å². The highest BCUT2D eigenvalue weighted by molar-refractivity contribution is 7.80. The Balaban J connectivity index is 2.38. The first kappa shape index (κ1) is 16.1. The van der Waals surface area contributed by atoms with Crippen molar-refractivity contribution >= 4 is 23.2 Å². The molecule has 0 bridgehead atoms. The molecular formula is C14H10F2NO4S-. The average Bonchev–Trinajstić information content (AvgIpc) is 2.44. The number of carbonyl (C=O) groups excluding carboxylic acids is 1. The van der Waals surface area contributed by atoms with Gasteiger partial charge in [-0.1, -0.05) is 6.07 Å². The van der Waals surface area contributed by atoms with Crippen LogP contribution in [0.5, 0.6) is 11.5 Å². The maximum absolute atomic E-state index is 13.6. The van der Waals surface area contributed by atoms with Gasteiger partial charge in [0.2, 0.25) is 0 Å². The summed E-state index contributed by atoms with van der Waals surface area (Å²) in [6.07, 6.45) is 0.749. The molecule has 0 amide bonds. The fourth-order valence-corrected chi connectivity index (χ4v) is 2.07. The Morgan fingerprint density at radius 2 is 1.95 bits per heavy atom. The number of aldehydes is 1. The molecule has 2 rings (SSSR count). The van der Waals surface area contributed by atoms with Crippen LogP contribution in [-0.2, 0) is 22.5 Å². The molecule has 0 fully saturated rings. The summed E-state index contributed by atoms with van der Waals surface area (Å²) in [6, 6.07) is 7.03. The average molecular weight is 326 g/mol. The zero-order chi connectivity index (χ0) is 16.1. The summed E-state index contributed by atoms with van der Waals surface area (Å²) in [5.41, 5.74) is 0.612. The van der Waals surface area contributed by atoms with E-state index in [1.165, 1.54) is 18.2 Å². The summed E-state index contributed by atoms with van der Waals surface area (Å²) in [6.45, 7) is 0. The number of carbonyl (C=O) groups is 1. The molecular weight excluding hydrogens is 316 g/mol. The van der Waals surface area contributed by atoms with E-state index in [9.17, 15) is 22.3 Å². The molecule has 0 aliphatic rings. The summed E-state index contributed by atoms with van der Waals surface area (Å²) >= 11 is -2.61. The Hall–Kier alpha value is -2.32. The molecule has 2 aromatic rings. The molecule has 0 aromatic heterocycles. The Labute approximate surface area is 127 Å². The van der Waals surface area contributed by atoms with E-state index in [0.717, 1.165) is 12.1 Å². The molecule has 8 heteroatoms. The van der Waals surface area contributed by atoms with Crippen molar-refractivity contribution in [3.8, 4) is 11.5 Å². The van der Waals surface area contributed by atoms with E-state index in [2.05, 4.69) is 4.72 Å². The van der Waals surface area contributed by atoms with Gasteiger partial charge in [0.1, 0.15) is 12.1 Å². The molecule has 0 saturated carbocycles. The van der Waals surface area contributed by atoms with Crippen LogP contribution in [0, 0.1) is 11.6 Å². The second-order valence-electron chi connectivity index (χ2n) is 4.21.